The average molecular weight is 421 g/mol. The SMILES string of the molecule is CC1(C)S[C@@H]2CC(=O)N2[C@@]1(C(=O)O)c1cc2c(cc1CCC(N)C(N)=O)OCO2. The first kappa shape index (κ1) is 19.8. The van der Waals surface area contributed by atoms with Crippen molar-refractivity contribution in [3.8, 4) is 11.5 Å². The highest BCUT2D eigenvalue weighted by Gasteiger charge is 2.70. The number of carbonyl (C=O) groups excluding carboxylic acids is 2. The number of nitrogens with zero attached hydrogens (tertiary/aromatic N) is 1. The minimum absolute atomic E-state index is 0.0303. The number of carbonyl (C=O) groups is 3. The van der Waals surface area contributed by atoms with Crippen molar-refractivity contribution in [3.05, 3.63) is 23.3 Å². The number of aliphatic carboxylic acids is 1. The molecule has 1 aromatic carbocycles. The van der Waals surface area contributed by atoms with E-state index < -0.39 is 28.2 Å². The van der Waals surface area contributed by atoms with Gasteiger partial charge in [-0.3, -0.25) is 9.59 Å². The smallest absolute Gasteiger partial charge is 0.335 e. The van der Waals surface area contributed by atoms with Gasteiger partial charge in [-0.15, -0.1) is 11.8 Å². The third-order valence-corrected chi connectivity index (χ3v) is 7.49. The highest BCUT2D eigenvalue weighted by atomic mass is 32.2. The number of hydrogen-bond acceptors (Lipinski definition) is 7. The van der Waals surface area contributed by atoms with Crippen molar-refractivity contribution < 1.29 is 29.0 Å². The van der Waals surface area contributed by atoms with Gasteiger partial charge in [0.15, 0.2) is 17.0 Å². The minimum Gasteiger partial charge on any atom is -0.479 e. The molecule has 1 aromatic rings. The second kappa shape index (κ2) is 6.53. The molecule has 3 aliphatic rings. The van der Waals surface area contributed by atoms with Gasteiger partial charge in [-0.25, -0.2) is 4.79 Å². The molecular formula is C19H23N3O6S. The fraction of sp³-hybridized carbons (Fsp3) is 0.526. The fourth-order valence-electron chi connectivity index (χ4n) is 4.51. The summed E-state index contributed by atoms with van der Waals surface area (Å²) in [7, 11) is 0. The van der Waals surface area contributed by atoms with Crippen LogP contribution in [0, 0.1) is 0 Å². The van der Waals surface area contributed by atoms with Gasteiger partial charge < -0.3 is 30.9 Å². The number of benzene rings is 1. The number of carboxylic acids is 1. The Labute approximate surface area is 171 Å². The van der Waals surface area contributed by atoms with Gasteiger partial charge in [0, 0.05) is 0 Å². The van der Waals surface area contributed by atoms with Crippen LogP contribution in [0.4, 0.5) is 0 Å². The lowest BCUT2D eigenvalue weighted by Gasteiger charge is -2.47. The minimum atomic E-state index is -1.58. The molecule has 29 heavy (non-hydrogen) atoms. The van der Waals surface area contributed by atoms with Crippen LogP contribution in [0.2, 0.25) is 0 Å². The second-order valence-corrected chi connectivity index (χ2v) is 9.78. The van der Waals surface area contributed by atoms with Gasteiger partial charge >= 0.3 is 5.97 Å². The lowest BCUT2D eigenvalue weighted by molar-refractivity contribution is -0.169. The number of carboxylic acid groups (broad SMARTS) is 1. The van der Waals surface area contributed by atoms with E-state index in [0.717, 1.165) is 0 Å². The van der Waals surface area contributed by atoms with Gasteiger partial charge in [0.1, 0.15) is 0 Å². The van der Waals surface area contributed by atoms with E-state index in [9.17, 15) is 19.5 Å². The second-order valence-electron chi connectivity index (χ2n) is 7.98. The molecule has 0 radical (unpaired) electrons. The van der Waals surface area contributed by atoms with Crippen LogP contribution >= 0.6 is 11.8 Å². The molecule has 3 aliphatic heterocycles. The molecule has 0 spiro atoms. The van der Waals surface area contributed by atoms with Crippen LogP contribution < -0.4 is 20.9 Å². The van der Waals surface area contributed by atoms with Crippen LogP contribution in [-0.4, -0.2) is 50.7 Å². The average Bonchev–Trinajstić information content (AvgIpc) is 3.16. The van der Waals surface area contributed by atoms with E-state index in [1.165, 1.54) is 16.7 Å². The zero-order chi connectivity index (χ0) is 21.1. The summed E-state index contributed by atoms with van der Waals surface area (Å²) in [6.07, 6.45) is 0.858. The molecule has 3 atom stereocenters. The Morgan fingerprint density at radius 3 is 2.59 bits per heavy atom. The van der Waals surface area contributed by atoms with Crippen molar-refractivity contribution in [2.75, 3.05) is 6.79 Å². The number of thioether (sulfide) groups is 1. The largest absolute Gasteiger partial charge is 0.479 e. The number of ether oxygens (including phenoxy) is 2. The van der Waals surface area contributed by atoms with Crippen LogP contribution in [0.15, 0.2) is 12.1 Å². The lowest BCUT2D eigenvalue weighted by Crippen LogP contribution is -2.65. The molecule has 10 heteroatoms. The van der Waals surface area contributed by atoms with E-state index >= 15 is 0 Å². The van der Waals surface area contributed by atoms with E-state index in [1.807, 2.05) is 13.8 Å². The van der Waals surface area contributed by atoms with Crippen molar-refractivity contribution in [3.63, 3.8) is 0 Å². The maximum atomic E-state index is 12.8. The quantitative estimate of drug-likeness (QED) is 0.564. The summed E-state index contributed by atoms with van der Waals surface area (Å²) in [6, 6.07) is 2.50. The Bertz CT molecular complexity index is 919. The fourth-order valence-corrected chi connectivity index (χ4v) is 6.26. The Morgan fingerprint density at radius 2 is 2.00 bits per heavy atom. The third kappa shape index (κ3) is 2.69. The number of primary amides is 1. The molecule has 4 rings (SSSR count). The Kier molecular flexibility index (Phi) is 4.47. The van der Waals surface area contributed by atoms with E-state index in [2.05, 4.69) is 0 Å². The Balaban J connectivity index is 1.88. The van der Waals surface area contributed by atoms with E-state index in [1.54, 1.807) is 12.1 Å². The molecule has 0 bridgehead atoms. The summed E-state index contributed by atoms with van der Waals surface area (Å²) < 4.78 is 10.2. The number of β-lactam (4-membered cyclic amide) rings is 1. The molecule has 1 unspecified atom stereocenters. The summed E-state index contributed by atoms with van der Waals surface area (Å²) in [6.45, 7) is 3.70. The summed E-state index contributed by atoms with van der Waals surface area (Å²) in [5.74, 6) is -1.01. The molecule has 5 N–H and O–H groups in total. The number of nitrogens with two attached hydrogens (primary N) is 2. The first-order chi connectivity index (χ1) is 13.6. The molecule has 3 heterocycles. The van der Waals surface area contributed by atoms with Crippen LogP contribution in [0.1, 0.15) is 37.8 Å². The van der Waals surface area contributed by atoms with Gasteiger partial charge in [0.2, 0.25) is 18.6 Å². The van der Waals surface area contributed by atoms with Gasteiger partial charge in [-0.05, 0) is 49.9 Å². The Morgan fingerprint density at radius 1 is 1.34 bits per heavy atom. The molecule has 2 fully saturated rings. The molecular weight excluding hydrogens is 398 g/mol. The van der Waals surface area contributed by atoms with Gasteiger partial charge in [0.25, 0.3) is 0 Å². The maximum absolute atomic E-state index is 12.8. The van der Waals surface area contributed by atoms with Crippen LogP contribution in [0.5, 0.6) is 11.5 Å². The van der Waals surface area contributed by atoms with Crippen molar-refractivity contribution in [1.29, 1.82) is 0 Å². The Hall–Kier alpha value is -2.46. The number of amides is 2. The number of rotatable bonds is 6. The van der Waals surface area contributed by atoms with Gasteiger partial charge in [-0.2, -0.15) is 0 Å². The molecule has 0 aromatic heterocycles. The van der Waals surface area contributed by atoms with E-state index in [-0.39, 0.29) is 24.5 Å². The first-order valence-electron chi connectivity index (χ1n) is 9.31. The molecule has 9 nitrogen and oxygen atoms in total. The van der Waals surface area contributed by atoms with Crippen LogP contribution in [0.3, 0.4) is 0 Å². The van der Waals surface area contributed by atoms with E-state index in [4.69, 9.17) is 20.9 Å². The molecule has 0 saturated carbocycles. The third-order valence-electron chi connectivity index (χ3n) is 5.96. The van der Waals surface area contributed by atoms with Crippen LogP contribution in [0.25, 0.3) is 0 Å². The van der Waals surface area contributed by atoms with Crippen molar-refractivity contribution >= 4 is 29.5 Å². The lowest BCUT2D eigenvalue weighted by atomic mass is 9.73. The topological polar surface area (TPSA) is 145 Å². The van der Waals surface area contributed by atoms with Crippen molar-refractivity contribution in [2.24, 2.45) is 11.5 Å². The first-order valence-corrected chi connectivity index (χ1v) is 10.2. The normalized spacial score (nSPS) is 27.3. The summed E-state index contributed by atoms with van der Waals surface area (Å²) in [5.41, 5.74) is 10.6. The monoisotopic (exact) mass is 421 g/mol. The number of fused-ring (bicyclic) bond motifs is 2. The highest BCUT2D eigenvalue weighted by molar-refractivity contribution is 8.01. The highest BCUT2D eigenvalue weighted by Crippen LogP contribution is 2.62. The molecule has 2 amide bonds. The zero-order valence-corrected chi connectivity index (χ0v) is 17.0. The van der Waals surface area contributed by atoms with Crippen LogP contribution in [-0.2, 0) is 26.3 Å². The zero-order valence-electron chi connectivity index (χ0n) is 16.1. The van der Waals surface area contributed by atoms with Crippen molar-refractivity contribution in [1.82, 2.24) is 4.90 Å². The number of aryl methyl sites for hydroxylation is 1. The predicted molar refractivity (Wildman–Crippen MR) is 104 cm³/mol. The standard InChI is InChI=1S/C19H23N3O6S/c1-18(2)19(17(25)26,22-14(23)7-15(22)29-18)10-6-13-12(27-8-28-13)5-9(10)3-4-11(20)16(21)24/h5-6,11,15H,3-4,7-8,20H2,1-2H3,(H2,21,24)(H,25,26)/t11?,15-,19-/m1/s1. The molecule has 0 aliphatic carbocycles. The van der Waals surface area contributed by atoms with E-state index in [0.29, 0.717) is 35.5 Å². The summed E-state index contributed by atoms with van der Waals surface area (Å²) in [4.78, 5) is 38.1. The number of hydrogen-bond donors (Lipinski definition) is 3. The van der Waals surface area contributed by atoms with Crippen molar-refractivity contribution in [2.45, 2.75) is 54.8 Å². The molecule has 2 saturated heterocycles. The summed E-state index contributed by atoms with van der Waals surface area (Å²) >= 11 is 1.48. The molecule has 156 valence electrons. The predicted octanol–water partition coefficient (Wildman–Crippen LogP) is 0.524. The maximum Gasteiger partial charge on any atom is 0.335 e. The van der Waals surface area contributed by atoms with Gasteiger partial charge in [0.05, 0.1) is 22.6 Å². The van der Waals surface area contributed by atoms with Gasteiger partial charge in [-0.1, -0.05) is 0 Å². The summed E-state index contributed by atoms with van der Waals surface area (Å²) in [5, 5.41) is 10.3.